The van der Waals surface area contributed by atoms with E-state index in [1.54, 1.807) is 30.5 Å². The van der Waals surface area contributed by atoms with Crippen molar-refractivity contribution >= 4 is 28.1 Å². The summed E-state index contributed by atoms with van der Waals surface area (Å²) in [4.78, 5) is 10.5. The number of sulfonamides is 1. The van der Waals surface area contributed by atoms with Gasteiger partial charge in [-0.15, -0.1) is 0 Å². The van der Waals surface area contributed by atoms with Crippen LogP contribution in [0.2, 0.25) is 0 Å². The molecule has 9 heteroatoms. The number of hydrogen-bond acceptors (Lipinski definition) is 7. The summed E-state index contributed by atoms with van der Waals surface area (Å²) in [6, 6.07) is 6.51. The Morgan fingerprint density at radius 1 is 1.18 bits per heavy atom. The maximum atomic E-state index is 12.3. The fourth-order valence-electron chi connectivity index (χ4n) is 2.33. The summed E-state index contributed by atoms with van der Waals surface area (Å²) in [6.07, 6.45) is 6.90. The second-order valence-corrected chi connectivity index (χ2v) is 8.13. The number of aryl methyl sites for hydroxylation is 1. The largest absolute Gasteiger partial charge is 0.308 e. The number of allylic oxidation sites excluding steroid dienone is 1. The molecule has 1 aromatic carbocycles. The van der Waals surface area contributed by atoms with Crippen molar-refractivity contribution in [1.29, 1.82) is 0 Å². The molecule has 2 N–H and O–H groups in total. The van der Waals surface area contributed by atoms with Gasteiger partial charge in [-0.25, -0.2) is 23.1 Å². The Hall–Kier alpha value is -2.62. The zero-order valence-corrected chi connectivity index (χ0v) is 17.4. The van der Waals surface area contributed by atoms with Crippen LogP contribution in [0.4, 0.5) is 5.82 Å². The summed E-state index contributed by atoms with van der Waals surface area (Å²) in [5.41, 5.74) is 5.38. The Morgan fingerprint density at radius 2 is 1.89 bits per heavy atom. The van der Waals surface area contributed by atoms with Gasteiger partial charge in [-0.05, 0) is 45.6 Å². The molecule has 0 aliphatic carbocycles. The van der Waals surface area contributed by atoms with Crippen LogP contribution in [0, 0.1) is 6.92 Å². The standard InChI is InChI=1S/C19H26N6O2S/c1-5-6-18-15(2)20-14-21-19(18)24-22-13-16-7-9-17(10-8-16)28(26,27)23-11-12-25(3)4/h5-10,13-14,23H,11-12H2,1-4H3,(H,20,21,24)/b6-5-,22-13+. The van der Waals surface area contributed by atoms with E-state index in [2.05, 4.69) is 25.2 Å². The van der Waals surface area contributed by atoms with Crippen molar-refractivity contribution in [2.45, 2.75) is 18.7 Å². The van der Waals surface area contributed by atoms with Gasteiger partial charge in [-0.2, -0.15) is 5.10 Å². The summed E-state index contributed by atoms with van der Waals surface area (Å²) >= 11 is 0. The van der Waals surface area contributed by atoms with Crippen LogP contribution in [0.15, 0.2) is 46.7 Å². The van der Waals surface area contributed by atoms with Crippen molar-refractivity contribution < 1.29 is 8.42 Å². The molecular formula is C19H26N6O2S. The predicted octanol–water partition coefficient (Wildman–Crippen LogP) is 2.10. The minimum absolute atomic E-state index is 0.221. The molecular weight excluding hydrogens is 376 g/mol. The van der Waals surface area contributed by atoms with E-state index in [-0.39, 0.29) is 4.90 Å². The van der Waals surface area contributed by atoms with Crippen LogP contribution in [0.5, 0.6) is 0 Å². The van der Waals surface area contributed by atoms with Gasteiger partial charge < -0.3 is 4.90 Å². The number of hydrazone groups is 1. The number of aromatic nitrogens is 2. The molecule has 28 heavy (non-hydrogen) atoms. The average molecular weight is 403 g/mol. The fraction of sp³-hybridized carbons (Fsp3) is 0.316. The molecule has 0 saturated carbocycles. The highest BCUT2D eigenvalue weighted by atomic mass is 32.2. The number of nitrogens with zero attached hydrogens (tertiary/aromatic N) is 4. The molecule has 0 spiro atoms. The maximum absolute atomic E-state index is 12.3. The summed E-state index contributed by atoms with van der Waals surface area (Å²) in [5, 5.41) is 4.19. The van der Waals surface area contributed by atoms with Crippen LogP contribution in [-0.2, 0) is 10.0 Å². The summed E-state index contributed by atoms with van der Waals surface area (Å²) in [6.45, 7) is 4.81. The lowest BCUT2D eigenvalue weighted by Gasteiger charge is -2.11. The molecule has 1 aromatic heterocycles. The number of likely N-dealkylation sites (N-methyl/N-ethyl adjacent to an activating group) is 1. The van der Waals surface area contributed by atoms with Crippen LogP contribution >= 0.6 is 0 Å². The number of benzene rings is 1. The molecule has 0 amide bonds. The topological polar surface area (TPSA) is 99.6 Å². The molecule has 0 aliphatic rings. The molecule has 0 bridgehead atoms. The third kappa shape index (κ3) is 6.22. The van der Waals surface area contributed by atoms with E-state index in [0.29, 0.717) is 18.9 Å². The lowest BCUT2D eigenvalue weighted by atomic mass is 10.2. The van der Waals surface area contributed by atoms with Crippen molar-refractivity contribution in [2.75, 3.05) is 32.6 Å². The van der Waals surface area contributed by atoms with Gasteiger partial charge in [0.15, 0.2) is 5.82 Å². The van der Waals surface area contributed by atoms with Gasteiger partial charge in [-0.1, -0.05) is 24.3 Å². The monoisotopic (exact) mass is 402 g/mol. The SMILES string of the molecule is C/C=C\c1c(C)ncnc1N/N=C/c1ccc(S(=O)(=O)NCCN(C)C)cc1. The van der Waals surface area contributed by atoms with Gasteiger partial charge in [0.1, 0.15) is 6.33 Å². The second-order valence-electron chi connectivity index (χ2n) is 6.36. The van der Waals surface area contributed by atoms with Gasteiger partial charge in [0.05, 0.1) is 16.8 Å². The van der Waals surface area contributed by atoms with E-state index in [9.17, 15) is 8.42 Å². The number of anilines is 1. The molecule has 0 aliphatic heterocycles. The Labute approximate surface area is 166 Å². The number of nitrogens with one attached hydrogen (secondary N) is 2. The maximum Gasteiger partial charge on any atom is 0.240 e. The predicted molar refractivity (Wildman–Crippen MR) is 113 cm³/mol. The molecule has 0 unspecified atom stereocenters. The van der Waals surface area contributed by atoms with Gasteiger partial charge in [0, 0.05) is 18.7 Å². The molecule has 0 saturated heterocycles. The zero-order chi connectivity index (χ0) is 20.6. The van der Waals surface area contributed by atoms with Gasteiger partial charge in [-0.3, -0.25) is 5.43 Å². The Kier molecular flexibility index (Phi) is 7.80. The summed E-state index contributed by atoms with van der Waals surface area (Å²) < 4.78 is 27.1. The first-order valence-corrected chi connectivity index (χ1v) is 10.3. The van der Waals surface area contributed by atoms with E-state index in [1.165, 1.54) is 6.33 Å². The van der Waals surface area contributed by atoms with Gasteiger partial charge >= 0.3 is 0 Å². The van der Waals surface area contributed by atoms with E-state index >= 15 is 0 Å². The normalized spacial score (nSPS) is 12.3. The van der Waals surface area contributed by atoms with E-state index < -0.39 is 10.0 Å². The molecule has 0 fully saturated rings. The van der Waals surface area contributed by atoms with Crippen LogP contribution in [0.1, 0.15) is 23.7 Å². The molecule has 150 valence electrons. The number of rotatable bonds is 9. The molecule has 8 nitrogen and oxygen atoms in total. The molecule has 2 aromatic rings. The molecule has 0 radical (unpaired) electrons. The lowest BCUT2D eigenvalue weighted by molar-refractivity contribution is 0.412. The van der Waals surface area contributed by atoms with Crippen LogP contribution in [0.25, 0.3) is 6.08 Å². The quantitative estimate of drug-likeness (QED) is 0.492. The Bertz CT molecular complexity index is 937. The van der Waals surface area contributed by atoms with Gasteiger partial charge in [0.2, 0.25) is 10.0 Å². The van der Waals surface area contributed by atoms with Crippen LogP contribution in [-0.4, -0.2) is 56.7 Å². The van der Waals surface area contributed by atoms with Crippen molar-refractivity contribution in [3.8, 4) is 0 Å². The van der Waals surface area contributed by atoms with Crippen molar-refractivity contribution in [1.82, 2.24) is 19.6 Å². The first-order valence-electron chi connectivity index (χ1n) is 8.81. The average Bonchev–Trinajstić information content (AvgIpc) is 2.64. The van der Waals surface area contributed by atoms with Crippen LogP contribution < -0.4 is 10.1 Å². The highest BCUT2D eigenvalue weighted by molar-refractivity contribution is 7.89. The van der Waals surface area contributed by atoms with Crippen molar-refractivity contribution in [3.05, 3.63) is 53.5 Å². The Balaban J connectivity index is 2.04. The fourth-order valence-corrected chi connectivity index (χ4v) is 3.35. The molecule has 0 atom stereocenters. The van der Waals surface area contributed by atoms with E-state index in [4.69, 9.17) is 0 Å². The second kappa shape index (κ2) is 10.1. The summed E-state index contributed by atoms with van der Waals surface area (Å²) in [5.74, 6) is 0.603. The molecule has 2 rings (SSSR count). The first kappa shape index (κ1) is 21.7. The smallest absolute Gasteiger partial charge is 0.240 e. The minimum Gasteiger partial charge on any atom is -0.308 e. The minimum atomic E-state index is -3.51. The van der Waals surface area contributed by atoms with Crippen molar-refractivity contribution in [3.63, 3.8) is 0 Å². The third-order valence-electron chi connectivity index (χ3n) is 3.84. The highest BCUT2D eigenvalue weighted by Gasteiger charge is 2.12. The first-order chi connectivity index (χ1) is 13.3. The number of hydrogen-bond donors (Lipinski definition) is 2. The Morgan fingerprint density at radius 3 is 2.54 bits per heavy atom. The van der Waals surface area contributed by atoms with Gasteiger partial charge in [0.25, 0.3) is 0 Å². The van der Waals surface area contributed by atoms with Crippen molar-refractivity contribution in [2.24, 2.45) is 5.10 Å². The van der Waals surface area contributed by atoms with E-state index in [0.717, 1.165) is 16.8 Å². The zero-order valence-electron chi connectivity index (χ0n) is 16.5. The van der Waals surface area contributed by atoms with E-state index in [1.807, 2.05) is 45.0 Å². The lowest BCUT2D eigenvalue weighted by Crippen LogP contribution is -2.31. The molecule has 1 heterocycles. The third-order valence-corrected chi connectivity index (χ3v) is 5.32. The highest BCUT2D eigenvalue weighted by Crippen LogP contribution is 2.16. The van der Waals surface area contributed by atoms with Crippen LogP contribution in [0.3, 0.4) is 0 Å². The summed E-state index contributed by atoms with van der Waals surface area (Å²) in [7, 11) is 0.265.